The zero-order valence-electron chi connectivity index (χ0n) is 35.6. The third kappa shape index (κ3) is 36.4. The van der Waals surface area contributed by atoms with Crippen LogP contribution in [-0.4, -0.2) is 134 Å². The van der Waals surface area contributed by atoms with Crippen molar-refractivity contribution in [1.82, 2.24) is 56.3 Å². The molecule has 0 aromatic carbocycles. The smallest absolute Gasteiger partial charge is 0.379 e. The number of aromatic nitrogens is 6. The number of halogens is 4. The van der Waals surface area contributed by atoms with Crippen LogP contribution in [0.2, 0.25) is 5.02 Å². The molecule has 1 unspecified atom stereocenters. The number of carbonyl (C=O) groups is 6. The molecule has 3 aliphatic rings. The number of amides is 6. The predicted molar refractivity (Wildman–Crippen MR) is 225 cm³/mol. The molecule has 6 heterocycles. The van der Waals surface area contributed by atoms with Gasteiger partial charge in [-0.2, -0.15) is 30.0 Å². The first-order valence-electron chi connectivity index (χ1n) is 18.7. The van der Waals surface area contributed by atoms with Crippen molar-refractivity contribution in [2.75, 3.05) is 49.8 Å². The molecule has 0 radical (unpaired) electrons. The molecular formula is C37H56ClF3N12O8S. The van der Waals surface area contributed by atoms with E-state index in [1.165, 1.54) is 46.4 Å². The first-order valence-corrected chi connectivity index (χ1v) is 20.2. The summed E-state index contributed by atoms with van der Waals surface area (Å²) in [6.45, 7) is 10.6. The highest BCUT2D eigenvalue weighted by Gasteiger charge is 2.26. The summed E-state index contributed by atoms with van der Waals surface area (Å²) >= 11 is 7.38. The Morgan fingerprint density at radius 2 is 1.34 bits per heavy atom. The third-order valence-electron chi connectivity index (χ3n) is 6.65. The highest BCUT2D eigenvalue weighted by atomic mass is 35.5. The van der Waals surface area contributed by atoms with E-state index in [4.69, 9.17) is 21.1 Å². The van der Waals surface area contributed by atoms with Gasteiger partial charge in [0.1, 0.15) is 19.2 Å². The number of ether oxygens (including phenoxy) is 2. The van der Waals surface area contributed by atoms with Crippen molar-refractivity contribution >= 4 is 64.8 Å². The molecule has 6 rings (SSSR count). The summed E-state index contributed by atoms with van der Waals surface area (Å²) in [5.74, 6) is 1.70. The number of alkyl halides is 3. The third-order valence-corrected chi connectivity index (χ3v) is 8.12. The summed E-state index contributed by atoms with van der Waals surface area (Å²) in [6, 6.07) is 6.63. The number of hydrogen-bond acceptors (Lipinski definition) is 14. The Hall–Kier alpha value is -5.46. The molecule has 346 valence electrons. The van der Waals surface area contributed by atoms with Gasteiger partial charge in [0.2, 0.25) is 41.4 Å². The van der Waals surface area contributed by atoms with E-state index in [0.29, 0.717) is 37.4 Å². The molecule has 62 heavy (non-hydrogen) atoms. The molecule has 3 saturated heterocycles. The molecule has 3 fully saturated rings. The van der Waals surface area contributed by atoms with E-state index in [-0.39, 0.29) is 47.6 Å². The topological polar surface area (TPSA) is 262 Å². The average molecular weight is 921 g/mol. The number of rotatable bonds is 7. The predicted octanol–water partition coefficient (Wildman–Crippen LogP) is 1.98. The van der Waals surface area contributed by atoms with Crippen LogP contribution in [0.25, 0.3) is 0 Å². The lowest BCUT2D eigenvalue weighted by Crippen LogP contribution is -2.47. The van der Waals surface area contributed by atoms with Crippen LogP contribution in [0.5, 0.6) is 0 Å². The Bertz CT molecular complexity index is 1700. The highest BCUT2D eigenvalue weighted by Crippen LogP contribution is 2.16. The Morgan fingerprint density at radius 3 is 1.65 bits per heavy atom. The largest absolute Gasteiger partial charge is 0.405 e. The SMILES string of the molecule is CC(=O)NC1CCOC1.CC(=O)NC1COC1.CC(=O)NC1CSC1.CC(=O)NCC(F)(F)F.CC(=O)NCc1ccccn1.CC(=O)Nc1ncc(Cl)cn1.Cn1cncn1. The molecule has 1 atom stereocenters. The number of nitrogens with one attached hydrogen (secondary N) is 6. The van der Waals surface area contributed by atoms with Crippen LogP contribution in [0.15, 0.2) is 49.4 Å². The lowest BCUT2D eigenvalue weighted by atomic mass is 10.2. The van der Waals surface area contributed by atoms with Gasteiger partial charge in [-0.15, -0.1) is 0 Å². The maximum atomic E-state index is 11.2. The monoisotopic (exact) mass is 920 g/mol. The summed E-state index contributed by atoms with van der Waals surface area (Å²) < 4.78 is 45.1. The number of pyridine rings is 1. The van der Waals surface area contributed by atoms with Gasteiger partial charge in [0.05, 0.1) is 61.6 Å². The maximum Gasteiger partial charge on any atom is 0.405 e. The van der Waals surface area contributed by atoms with E-state index in [1.807, 2.05) is 37.0 Å². The van der Waals surface area contributed by atoms with Crippen LogP contribution in [0, 0.1) is 0 Å². The second-order valence-corrected chi connectivity index (χ2v) is 14.4. The van der Waals surface area contributed by atoms with E-state index >= 15 is 0 Å². The van der Waals surface area contributed by atoms with Gasteiger partial charge in [0.25, 0.3) is 0 Å². The number of carbonyl (C=O) groups excluding carboxylic acids is 6. The number of anilines is 1. The van der Waals surface area contributed by atoms with E-state index in [2.05, 4.69) is 51.6 Å². The van der Waals surface area contributed by atoms with Crippen LogP contribution in [0.3, 0.4) is 0 Å². The molecule has 0 bridgehead atoms. The minimum absolute atomic E-state index is 0.0262. The first kappa shape index (κ1) is 56.5. The fourth-order valence-electron chi connectivity index (χ4n) is 3.89. The number of nitrogens with zero attached hydrogens (tertiary/aromatic N) is 6. The van der Waals surface area contributed by atoms with Gasteiger partial charge in [-0.1, -0.05) is 17.7 Å². The molecular weight excluding hydrogens is 865 g/mol. The van der Waals surface area contributed by atoms with Gasteiger partial charge < -0.3 is 36.1 Å². The molecule has 0 saturated carbocycles. The Balaban J connectivity index is 0.000000705. The van der Waals surface area contributed by atoms with Gasteiger partial charge in [-0.25, -0.2) is 15.0 Å². The highest BCUT2D eigenvalue weighted by molar-refractivity contribution is 8.00. The van der Waals surface area contributed by atoms with Crippen molar-refractivity contribution in [3.05, 3.63) is 60.2 Å². The number of thioether (sulfide) groups is 1. The molecule has 0 aliphatic carbocycles. The van der Waals surface area contributed by atoms with Crippen molar-refractivity contribution < 1.29 is 51.4 Å². The zero-order chi connectivity index (χ0) is 46.9. The van der Waals surface area contributed by atoms with Crippen molar-refractivity contribution in [3.63, 3.8) is 0 Å². The quantitative estimate of drug-likeness (QED) is 0.198. The molecule has 6 amide bonds. The van der Waals surface area contributed by atoms with E-state index in [9.17, 15) is 41.9 Å². The van der Waals surface area contributed by atoms with Crippen LogP contribution in [0.4, 0.5) is 19.1 Å². The van der Waals surface area contributed by atoms with Crippen molar-refractivity contribution in [2.24, 2.45) is 7.05 Å². The standard InChI is InChI=1S/C8H10N2O.C6H6ClN3O.C6H11NO2.C5H9NO2.C5H9NOS.C4H6F3NO.C3H5N3/c1-7(11)10-6-8-4-2-3-5-9-8;1-4(11)10-6-8-2-5(7)3-9-6;1-5(8)7-6-2-3-9-4-6;2*1-4(7)6-5-2-8-3-5;1-3(9)8-2-4(5,6)7;1-6-3-4-2-5-6/h2-5H,6H2,1H3,(H,10,11);2-3H,1H3,(H,8,9,10,11);6H,2-4H2,1H3,(H,7,8);2*5H,2-3H2,1H3,(H,6,7);2H2,1H3,(H,8,9);2-3H,1H3. The first-order chi connectivity index (χ1) is 29.1. The van der Waals surface area contributed by atoms with Gasteiger partial charge in [0.15, 0.2) is 0 Å². The normalized spacial score (nSPS) is 14.6. The van der Waals surface area contributed by atoms with Gasteiger partial charge >= 0.3 is 6.18 Å². The Labute approximate surface area is 367 Å². The number of hydrogen-bond donors (Lipinski definition) is 6. The lowest BCUT2D eigenvalue weighted by molar-refractivity contribution is -0.137. The fourth-order valence-corrected chi connectivity index (χ4v) is 4.63. The van der Waals surface area contributed by atoms with Crippen molar-refractivity contribution in [3.8, 4) is 0 Å². The van der Waals surface area contributed by atoms with Crippen LogP contribution in [-0.2, 0) is 51.8 Å². The molecule has 20 nitrogen and oxygen atoms in total. The van der Waals surface area contributed by atoms with Crippen LogP contribution in [0.1, 0.15) is 53.7 Å². The molecule has 0 spiro atoms. The van der Waals surface area contributed by atoms with Gasteiger partial charge in [0, 0.05) is 78.9 Å². The van der Waals surface area contributed by atoms with Gasteiger partial charge in [-0.05, 0) is 18.6 Å². The lowest BCUT2D eigenvalue weighted by Gasteiger charge is -2.25. The minimum atomic E-state index is -4.30. The fraction of sp³-hybridized carbons (Fsp3) is 0.541. The van der Waals surface area contributed by atoms with Crippen LogP contribution < -0.4 is 31.9 Å². The van der Waals surface area contributed by atoms with Crippen molar-refractivity contribution in [2.45, 2.75) is 78.8 Å². The zero-order valence-corrected chi connectivity index (χ0v) is 37.2. The second kappa shape index (κ2) is 33.2. The Kier molecular flexibility index (Phi) is 30.3. The van der Waals surface area contributed by atoms with E-state index in [1.54, 1.807) is 29.4 Å². The maximum absolute atomic E-state index is 11.2. The molecule has 6 N–H and O–H groups in total. The molecule has 3 aromatic heterocycles. The summed E-state index contributed by atoms with van der Waals surface area (Å²) in [4.78, 5) is 77.1. The summed E-state index contributed by atoms with van der Waals surface area (Å²) in [7, 11) is 1.83. The molecule has 25 heteroatoms. The number of aryl methyl sites for hydroxylation is 1. The minimum Gasteiger partial charge on any atom is -0.379 e. The van der Waals surface area contributed by atoms with E-state index in [0.717, 1.165) is 37.2 Å². The summed E-state index contributed by atoms with van der Waals surface area (Å²) in [5.41, 5.74) is 0.878. The molecule has 3 aliphatic heterocycles. The molecule has 3 aromatic rings. The summed E-state index contributed by atoms with van der Waals surface area (Å²) in [6.07, 6.45) is 4.34. The second-order valence-electron chi connectivity index (χ2n) is 12.9. The van der Waals surface area contributed by atoms with Crippen LogP contribution >= 0.6 is 23.4 Å². The van der Waals surface area contributed by atoms with E-state index < -0.39 is 18.6 Å². The summed E-state index contributed by atoms with van der Waals surface area (Å²) in [5, 5.41) is 19.2. The van der Waals surface area contributed by atoms with Crippen molar-refractivity contribution in [1.29, 1.82) is 0 Å². The average Bonchev–Trinajstić information content (AvgIpc) is 3.86. The van der Waals surface area contributed by atoms with Gasteiger partial charge in [-0.3, -0.25) is 43.7 Å². The Morgan fingerprint density at radius 1 is 0.774 bits per heavy atom.